The molecule has 21 heavy (non-hydrogen) atoms. The Bertz CT molecular complexity index is 381. The fourth-order valence-electron chi connectivity index (χ4n) is 2.26. The molecule has 0 aromatic heterocycles. The highest BCUT2D eigenvalue weighted by Gasteiger charge is 2.07. The maximum Gasteiger partial charge on any atom is 0.119 e. The van der Waals surface area contributed by atoms with Gasteiger partial charge in [0, 0.05) is 24.8 Å². The van der Waals surface area contributed by atoms with Crippen molar-refractivity contribution in [3.63, 3.8) is 0 Å². The van der Waals surface area contributed by atoms with Crippen LogP contribution in [-0.2, 0) is 0 Å². The molecular weight excluding hydrogens is 260 g/mol. The Morgan fingerprint density at radius 1 is 1.00 bits per heavy atom. The van der Waals surface area contributed by atoms with Crippen molar-refractivity contribution in [3.05, 3.63) is 24.3 Å². The van der Waals surface area contributed by atoms with Crippen molar-refractivity contribution in [2.24, 2.45) is 0 Å². The van der Waals surface area contributed by atoms with Gasteiger partial charge in [-0.25, -0.2) is 0 Å². The van der Waals surface area contributed by atoms with Gasteiger partial charge in [-0.05, 0) is 64.4 Å². The second kappa shape index (κ2) is 8.93. The number of nitrogens with zero attached hydrogens (tertiary/aromatic N) is 1. The summed E-state index contributed by atoms with van der Waals surface area (Å²) in [5, 5.41) is 3.54. The molecule has 0 aliphatic heterocycles. The summed E-state index contributed by atoms with van der Waals surface area (Å²) in [5.74, 6) is 0.915. The fraction of sp³-hybridized carbons (Fsp3) is 0.667. The molecule has 0 spiro atoms. The summed E-state index contributed by atoms with van der Waals surface area (Å²) in [6.45, 7) is 8.89. The molecule has 120 valence electrons. The lowest BCUT2D eigenvalue weighted by Gasteiger charge is -2.21. The highest BCUT2D eigenvalue weighted by atomic mass is 16.5. The molecule has 1 aromatic carbocycles. The van der Waals surface area contributed by atoms with Crippen LogP contribution < -0.4 is 15.0 Å². The van der Waals surface area contributed by atoms with Gasteiger partial charge in [0.1, 0.15) is 5.75 Å². The standard InChI is InChI=1S/C18H32N2O/c1-18(2,3)19-14-8-6-7-9-15-20(4)16-10-12-17(21-5)13-11-16/h10-13,19H,6-9,14-15H2,1-5H3. The first-order valence-corrected chi connectivity index (χ1v) is 8.02. The zero-order valence-electron chi connectivity index (χ0n) is 14.4. The van der Waals surface area contributed by atoms with Crippen LogP contribution in [0.1, 0.15) is 46.5 Å². The van der Waals surface area contributed by atoms with E-state index in [0.717, 1.165) is 18.8 Å². The monoisotopic (exact) mass is 292 g/mol. The van der Waals surface area contributed by atoms with Crippen LogP contribution in [-0.4, -0.2) is 32.8 Å². The van der Waals surface area contributed by atoms with Crippen molar-refractivity contribution in [3.8, 4) is 5.75 Å². The highest BCUT2D eigenvalue weighted by Crippen LogP contribution is 2.18. The van der Waals surface area contributed by atoms with Gasteiger partial charge in [-0.15, -0.1) is 0 Å². The average molecular weight is 292 g/mol. The molecular formula is C18H32N2O. The second-order valence-electron chi connectivity index (χ2n) is 6.71. The Balaban J connectivity index is 2.11. The predicted octanol–water partition coefficient (Wildman–Crippen LogP) is 4.08. The van der Waals surface area contributed by atoms with E-state index in [9.17, 15) is 0 Å². The van der Waals surface area contributed by atoms with E-state index in [-0.39, 0.29) is 5.54 Å². The first kappa shape index (κ1) is 17.8. The third-order valence-corrected chi connectivity index (χ3v) is 3.59. The van der Waals surface area contributed by atoms with Crippen LogP contribution in [0.15, 0.2) is 24.3 Å². The van der Waals surface area contributed by atoms with E-state index in [1.807, 2.05) is 12.1 Å². The summed E-state index contributed by atoms with van der Waals surface area (Å²) < 4.78 is 5.18. The molecule has 1 rings (SSSR count). The lowest BCUT2D eigenvalue weighted by Crippen LogP contribution is -2.36. The first-order chi connectivity index (χ1) is 9.92. The molecule has 0 amide bonds. The van der Waals surface area contributed by atoms with Crippen LogP contribution in [0.2, 0.25) is 0 Å². The quantitative estimate of drug-likeness (QED) is 0.694. The van der Waals surface area contributed by atoms with Crippen LogP contribution in [0.25, 0.3) is 0 Å². The fourth-order valence-corrected chi connectivity index (χ4v) is 2.26. The minimum Gasteiger partial charge on any atom is -0.497 e. The molecule has 1 N–H and O–H groups in total. The molecule has 0 aliphatic rings. The normalized spacial score (nSPS) is 11.5. The molecule has 0 saturated carbocycles. The third kappa shape index (κ3) is 7.96. The lowest BCUT2D eigenvalue weighted by molar-refractivity contribution is 0.415. The lowest BCUT2D eigenvalue weighted by atomic mass is 10.1. The molecule has 3 nitrogen and oxygen atoms in total. The number of hydrogen-bond donors (Lipinski definition) is 1. The average Bonchev–Trinajstić information content (AvgIpc) is 2.45. The first-order valence-electron chi connectivity index (χ1n) is 8.02. The van der Waals surface area contributed by atoms with Crippen molar-refractivity contribution >= 4 is 5.69 Å². The SMILES string of the molecule is COc1ccc(N(C)CCCCCCNC(C)(C)C)cc1. The van der Waals surface area contributed by atoms with Crippen LogP contribution in [0.5, 0.6) is 5.75 Å². The number of methoxy groups -OCH3 is 1. The van der Waals surface area contributed by atoms with Crippen molar-refractivity contribution in [1.82, 2.24) is 5.32 Å². The van der Waals surface area contributed by atoms with Gasteiger partial charge < -0.3 is 15.0 Å². The molecule has 1 aromatic rings. The smallest absolute Gasteiger partial charge is 0.119 e. The van der Waals surface area contributed by atoms with Gasteiger partial charge in [0.05, 0.1) is 7.11 Å². The van der Waals surface area contributed by atoms with E-state index < -0.39 is 0 Å². The third-order valence-electron chi connectivity index (χ3n) is 3.59. The Labute approximate surface area is 130 Å². The van der Waals surface area contributed by atoms with Gasteiger partial charge >= 0.3 is 0 Å². The predicted molar refractivity (Wildman–Crippen MR) is 92.5 cm³/mol. The van der Waals surface area contributed by atoms with Crippen molar-refractivity contribution < 1.29 is 4.74 Å². The molecule has 0 atom stereocenters. The van der Waals surface area contributed by atoms with E-state index in [0.29, 0.717) is 0 Å². The van der Waals surface area contributed by atoms with Gasteiger partial charge in [0.25, 0.3) is 0 Å². The van der Waals surface area contributed by atoms with E-state index >= 15 is 0 Å². The van der Waals surface area contributed by atoms with Gasteiger partial charge in [-0.2, -0.15) is 0 Å². The zero-order valence-corrected chi connectivity index (χ0v) is 14.4. The molecule has 0 bridgehead atoms. The zero-order chi connectivity index (χ0) is 15.7. The largest absolute Gasteiger partial charge is 0.497 e. The number of unbranched alkanes of at least 4 members (excludes halogenated alkanes) is 3. The summed E-state index contributed by atoms with van der Waals surface area (Å²) in [5.41, 5.74) is 1.50. The molecule has 0 radical (unpaired) electrons. The van der Waals surface area contributed by atoms with Crippen molar-refractivity contribution in [1.29, 1.82) is 0 Å². The molecule has 0 fully saturated rings. The molecule has 0 unspecified atom stereocenters. The number of rotatable bonds is 9. The Morgan fingerprint density at radius 2 is 1.62 bits per heavy atom. The van der Waals surface area contributed by atoms with Gasteiger partial charge in [0.2, 0.25) is 0 Å². The molecule has 0 aliphatic carbocycles. The maximum atomic E-state index is 5.18. The van der Waals surface area contributed by atoms with Gasteiger partial charge in [-0.3, -0.25) is 0 Å². The Hall–Kier alpha value is -1.22. The summed E-state index contributed by atoms with van der Waals surface area (Å²) in [6.07, 6.45) is 5.12. The van der Waals surface area contributed by atoms with Crippen LogP contribution in [0, 0.1) is 0 Å². The number of anilines is 1. The van der Waals surface area contributed by atoms with E-state index in [4.69, 9.17) is 4.74 Å². The maximum absolute atomic E-state index is 5.18. The van der Waals surface area contributed by atoms with E-state index in [1.54, 1.807) is 7.11 Å². The number of ether oxygens (including phenoxy) is 1. The van der Waals surface area contributed by atoms with Crippen LogP contribution >= 0.6 is 0 Å². The second-order valence-corrected chi connectivity index (χ2v) is 6.71. The van der Waals surface area contributed by atoms with Gasteiger partial charge in [-0.1, -0.05) is 12.8 Å². The summed E-state index contributed by atoms with van der Waals surface area (Å²) >= 11 is 0. The number of benzene rings is 1. The van der Waals surface area contributed by atoms with Crippen LogP contribution in [0.4, 0.5) is 5.69 Å². The molecule has 3 heteroatoms. The Kier molecular flexibility index (Phi) is 7.58. The number of nitrogens with one attached hydrogen (secondary N) is 1. The Morgan fingerprint density at radius 3 is 2.19 bits per heavy atom. The van der Waals surface area contributed by atoms with Crippen molar-refractivity contribution in [2.45, 2.75) is 52.0 Å². The van der Waals surface area contributed by atoms with Crippen molar-refractivity contribution in [2.75, 3.05) is 32.1 Å². The summed E-state index contributed by atoms with van der Waals surface area (Å²) in [6, 6.07) is 8.27. The minimum atomic E-state index is 0.245. The van der Waals surface area contributed by atoms with E-state index in [2.05, 4.69) is 50.2 Å². The van der Waals surface area contributed by atoms with E-state index in [1.165, 1.54) is 31.4 Å². The summed E-state index contributed by atoms with van der Waals surface area (Å²) in [4.78, 5) is 2.31. The minimum absolute atomic E-state index is 0.245. The number of hydrogen-bond acceptors (Lipinski definition) is 3. The summed E-state index contributed by atoms with van der Waals surface area (Å²) in [7, 11) is 3.86. The van der Waals surface area contributed by atoms with Crippen LogP contribution in [0.3, 0.4) is 0 Å². The molecule has 0 heterocycles. The van der Waals surface area contributed by atoms with Gasteiger partial charge in [0.15, 0.2) is 0 Å². The molecule has 0 saturated heterocycles. The topological polar surface area (TPSA) is 24.5 Å². The highest BCUT2D eigenvalue weighted by molar-refractivity contribution is 5.48.